The molecule has 1 aromatic carbocycles. The maximum Gasteiger partial charge on any atom is 0.315 e. The highest BCUT2D eigenvalue weighted by Gasteiger charge is 2.07. The molecular formula is C16H22N4O3. The Labute approximate surface area is 135 Å². The highest BCUT2D eigenvalue weighted by molar-refractivity contribution is 5.73. The minimum atomic E-state index is -0.249. The molecule has 0 saturated carbocycles. The van der Waals surface area contributed by atoms with Crippen molar-refractivity contribution in [2.45, 2.75) is 39.8 Å². The van der Waals surface area contributed by atoms with E-state index in [1.807, 2.05) is 38.1 Å². The molecule has 0 atom stereocenters. The lowest BCUT2D eigenvalue weighted by Gasteiger charge is -2.14. The van der Waals surface area contributed by atoms with Crippen molar-refractivity contribution in [3.63, 3.8) is 0 Å². The van der Waals surface area contributed by atoms with Gasteiger partial charge in [0.2, 0.25) is 5.89 Å². The van der Waals surface area contributed by atoms with Crippen molar-refractivity contribution in [3.8, 4) is 5.75 Å². The number of aryl methyl sites for hydroxylation is 1. The first-order valence-corrected chi connectivity index (χ1v) is 7.60. The van der Waals surface area contributed by atoms with E-state index in [2.05, 4.69) is 20.8 Å². The Bertz CT molecular complexity index is 640. The van der Waals surface area contributed by atoms with Crippen molar-refractivity contribution in [1.29, 1.82) is 0 Å². The van der Waals surface area contributed by atoms with E-state index >= 15 is 0 Å². The minimum absolute atomic E-state index is 0.0860. The second-order valence-electron chi connectivity index (χ2n) is 5.37. The number of para-hydroxylation sites is 1. The van der Waals surface area contributed by atoms with Gasteiger partial charge in [-0.15, -0.1) is 0 Å². The number of hydrogen-bond acceptors (Lipinski definition) is 5. The van der Waals surface area contributed by atoms with Crippen LogP contribution in [-0.4, -0.2) is 28.8 Å². The molecule has 2 N–H and O–H groups in total. The zero-order chi connectivity index (χ0) is 16.7. The quantitative estimate of drug-likeness (QED) is 0.817. The van der Waals surface area contributed by atoms with Crippen molar-refractivity contribution in [3.05, 3.63) is 41.5 Å². The molecule has 0 radical (unpaired) electrons. The molecule has 2 amide bonds. The standard InChI is InChI=1S/C16H22N4O3/c1-11(2)22-14-7-5-4-6-13(14)10-18-16(21)17-9-8-15-19-12(3)20-23-15/h4-7,11H,8-10H2,1-3H3,(H2,17,18,21). The number of carbonyl (C=O) groups excluding carboxylic acids is 1. The van der Waals surface area contributed by atoms with E-state index in [4.69, 9.17) is 9.26 Å². The van der Waals surface area contributed by atoms with Gasteiger partial charge < -0.3 is 19.9 Å². The number of benzene rings is 1. The number of carbonyl (C=O) groups is 1. The van der Waals surface area contributed by atoms with Gasteiger partial charge >= 0.3 is 6.03 Å². The molecule has 2 rings (SSSR count). The Morgan fingerprint density at radius 3 is 2.78 bits per heavy atom. The number of hydrogen-bond donors (Lipinski definition) is 2. The Balaban J connectivity index is 1.76. The van der Waals surface area contributed by atoms with Gasteiger partial charge in [-0.05, 0) is 26.8 Å². The number of nitrogens with one attached hydrogen (secondary N) is 2. The van der Waals surface area contributed by atoms with Gasteiger partial charge in [-0.1, -0.05) is 23.4 Å². The first-order valence-electron chi connectivity index (χ1n) is 7.60. The third-order valence-corrected chi connectivity index (χ3v) is 2.97. The third kappa shape index (κ3) is 5.61. The van der Waals surface area contributed by atoms with Crippen LogP contribution in [0.1, 0.15) is 31.1 Å². The van der Waals surface area contributed by atoms with Crippen molar-refractivity contribution in [2.24, 2.45) is 0 Å². The highest BCUT2D eigenvalue weighted by Crippen LogP contribution is 2.18. The minimum Gasteiger partial charge on any atom is -0.491 e. The van der Waals surface area contributed by atoms with Crippen LogP contribution in [0.3, 0.4) is 0 Å². The number of nitrogens with zero attached hydrogens (tertiary/aromatic N) is 2. The Morgan fingerprint density at radius 2 is 2.09 bits per heavy atom. The van der Waals surface area contributed by atoms with Gasteiger partial charge in [0.1, 0.15) is 5.75 Å². The average molecular weight is 318 g/mol. The fourth-order valence-electron chi connectivity index (χ4n) is 1.98. The molecule has 7 nitrogen and oxygen atoms in total. The van der Waals surface area contributed by atoms with Gasteiger partial charge in [0, 0.05) is 25.1 Å². The molecule has 1 aromatic heterocycles. The molecule has 2 aromatic rings. The molecule has 0 unspecified atom stereocenters. The molecule has 7 heteroatoms. The van der Waals surface area contributed by atoms with E-state index in [-0.39, 0.29) is 12.1 Å². The zero-order valence-corrected chi connectivity index (χ0v) is 13.6. The normalized spacial score (nSPS) is 10.6. The van der Waals surface area contributed by atoms with Crippen LogP contribution in [0.25, 0.3) is 0 Å². The molecule has 1 heterocycles. The van der Waals surface area contributed by atoms with Gasteiger partial charge in [0.05, 0.1) is 6.10 Å². The fourth-order valence-corrected chi connectivity index (χ4v) is 1.98. The second kappa shape index (κ2) is 8.17. The largest absolute Gasteiger partial charge is 0.491 e. The van der Waals surface area contributed by atoms with Gasteiger partial charge in [-0.25, -0.2) is 4.79 Å². The lowest BCUT2D eigenvalue weighted by molar-refractivity contribution is 0.235. The van der Waals surface area contributed by atoms with Crippen LogP contribution in [0, 0.1) is 6.92 Å². The Kier molecular flexibility index (Phi) is 5.96. The summed E-state index contributed by atoms with van der Waals surface area (Å²) in [6.07, 6.45) is 0.587. The molecule has 0 aliphatic carbocycles. The maximum absolute atomic E-state index is 11.8. The number of amides is 2. The van der Waals surface area contributed by atoms with Crippen LogP contribution in [0.4, 0.5) is 4.79 Å². The van der Waals surface area contributed by atoms with E-state index in [0.29, 0.717) is 31.2 Å². The van der Waals surface area contributed by atoms with E-state index in [0.717, 1.165) is 11.3 Å². The van der Waals surface area contributed by atoms with Crippen LogP contribution in [0.5, 0.6) is 5.75 Å². The molecule has 0 aliphatic heterocycles. The summed E-state index contributed by atoms with van der Waals surface area (Å²) in [5.41, 5.74) is 0.934. The zero-order valence-electron chi connectivity index (χ0n) is 13.6. The van der Waals surface area contributed by atoms with Crippen molar-refractivity contribution < 1.29 is 14.1 Å². The van der Waals surface area contributed by atoms with E-state index < -0.39 is 0 Å². The summed E-state index contributed by atoms with van der Waals surface area (Å²) in [4.78, 5) is 15.9. The van der Waals surface area contributed by atoms with Crippen molar-refractivity contribution >= 4 is 6.03 Å². The summed E-state index contributed by atoms with van der Waals surface area (Å²) in [6.45, 7) is 6.52. The molecular weight excluding hydrogens is 296 g/mol. The van der Waals surface area contributed by atoms with E-state index in [9.17, 15) is 4.79 Å². The van der Waals surface area contributed by atoms with Gasteiger partial charge in [-0.2, -0.15) is 4.98 Å². The summed E-state index contributed by atoms with van der Waals surface area (Å²) >= 11 is 0. The maximum atomic E-state index is 11.8. The number of ether oxygens (including phenoxy) is 1. The molecule has 0 aliphatic rings. The van der Waals surface area contributed by atoms with Crippen LogP contribution in [0.2, 0.25) is 0 Å². The smallest absolute Gasteiger partial charge is 0.315 e. The summed E-state index contributed by atoms with van der Waals surface area (Å²) < 4.78 is 10.7. The second-order valence-corrected chi connectivity index (χ2v) is 5.37. The Hall–Kier alpha value is -2.57. The van der Waals surface area contributed by atoms with Crippen molar-refractivity contribution in [2.75, 3.05) is 6.54 Å². The Morgan fingerprint density at radius 1 is 1.30 bits per heavy atom. The molecule has 0 saturated heterocycles. The van der Waals surface area contributed by atoms with Crippen LogP contribution >= 0.6 is 0 Å². The monoisotopic (exact) mass is 318 g/mol. The van der Waals surface area contributed by atoms with Crippen molar-refractivity contribution in [1.82, 2.24) is 20.8 Å². The van der Waals surface area contributed by atoms with Gasteiger partial charge in [0.15, 0.2) is 5.82 Å². The van der Waals surface area contributed by atoms with E-state index in [1.165, 1.54) is 0 Å². The first-order chi connectivity index (χ1) is 11.0. The third-order valence-electron chi connectivity index (χ3n) is 2.97. The number of aromatic nitrogens is 2. The summed E-state index contributed by atoms with van der Waals surface area (Å²) in [6, 6.07) is 7.40. The molecule has 23 heavy (non-hydrogen) atoms. The molecule has 124 valence electrons. The number of rotatable bonds is 7. The predicted molar refractivity (Wildman–Crippen MR) is 85.2 cm³/mol. The number of urea groups is 1. The lowest BCUT2D eigenvalue weighted by atomic mass is 10.2. The summed E-state index contributed by atoms with van der Waals surface area (Å²) in [7, 11) is 0. The van der Waals surface area contributed by atoms with Gasteiger partial charge in [0.25, 0.3) is 0 Å². The molecule has 0 fully saturated rings. The fraction of sp³-hybridized carbons (Fsp3) is 0.438. The van der Waals surface area contributed by atoms with Gasteiger partial charge in [-0.3, -0.25) is 0 Å². The summed E-state index contributed by atoms with van der Waals surface area (Å²) in [5.74, 6) is 1.88. The molecule has 0 spiro atoms. The highest BCUT2D eigenvalue weighted by atomic mass is 16.5. The summed E-state index contributed by atoms with van der Waals surface area (Å²) in [5, 5.41) is 9.25. The van der Waals surface area contributed by atoms with E-state index in [1.54, 1.807) is 6.92 Å². The van der Waals surface area contributed by atoms with Crippen LogP contribution in [0.15, 0.2) is 28.8 Å². The average Bonchev–Trinajstić information content (AvgIpc) is 2.91. The first kappa shape index (κ1) is 16.8. The van der Waals surface area contributed by atoms with Crippen LogP contribution in [-0.2, 0) is 13.0 Å². The molecule has 0 bridgehead atoms. The topological polar surface area (TPSA) is 89.3 Å². The lowest BCUT2D eigenvalue weighted by Crippen LogP contribution is -2.36. The SMILES string of the molecule is Cc1noc(CCNC(=O)NCc2ccccc2OC(C)C)n1. The predicted octanol–water partition coefficient (Wildman–Crippen LogP) is 2.21. The van der Waals surface area contributed by atoms with Crippen LogP contribution < -0.4 is 15.4 Å².